The maximum atomic E-state index is 14.0. The molecule has 218 valence electrons. The molecule has 1 amide bonds. The zero-order valence-electron chi connectivity index (χ0n) is 22.3. The number of nitrogens with one attached hydrogen (secondary N) is 1. The number of carboxylic acid groups (broad SMARTS) is 1. The molecule has 8 nitrogen and oxygen atoms in total. The molecular weight excluding hydrogens is 565 g/mol. The minimum Gasteiger partial charge on any atom is -0.497 e. The Kier molecular flexibility index (Phi) is 9.17. The van der Waals surface area contributed by atoms with Crippen LogP contribution in [0.3, 0.4) is 0 Å². The van der Waals surface area contributed by atoms with Gasteiger partial charge in [-0.05, 0) is 48.6 Å². The molecule has 0 saturated heterocycles. The number of fused-ring (bicyclic) bond motifs is 1. The highest BCUT2D eigenvalue weighted by molar-refractivity contribution is 6.30. The van der Waals surface area contributed by atoms with Crippen LogP contribution < -0.4 is 24.4 Å². The molecule has 0 saturated carbocycles. The molecule has 2 N–H and O–H groups in total. The van der Waals surface area contributed by atoms with E-state index in [-0.39, 0.29) is 25.3 Å². The smallest absolute Gasteiger partial charge is 0.497 e. The van der Waals surface area contributed by atoms with Crippen molar-refractivity contribution in [3.63, 3.8) is 0 Å². The molecule has 4 rings (SSSR count). The number of rotatable bonds is 11. The molecular formula is C29H28ClF3N2O6. The topological polar surface area (TPSA) is 97.3 Å². The van der Waals surface area contributed by atoms with Crippen molar-refractivity contribution in [2.45, 2.75) is 38.6 Å². The molecule has 1 aliphatic rings. The summed E-state index contributed by atoms with van der Waals surface area (Å²) in [7, 11) is 1.47. The molecule has 1 atom stereocenters. The first-order valence-corrected chi connectivity index (χ1v) is 13.1. The van der Waals surface area contributed by atoms with Crippen LogP contribution in [-0.2, 0) is 16.0 Å². The van der Waals surface area contributed by atoms with E-state index in [4.69, 9.17) is 26.2 Å². The van der Waals surface area contributed by atoms with Gasteiger partial charge >= 0.3 is 12.3 Å². The van der Waals surface area contributed by atoms with Gasteiger partial charge in [0.15, 0.2) is 0 Å². The molecule has 0 radical (unpaired) electrons. The van der Waals surface area contributed by atoms with Gasteiger partial charge in [-0.2, -0.15) is 0 Å². The Labute approximate surface area is 239 Å². The number of carbonyl (C=O) groups excluding carboxylic acids is 1. The van der Waals surface area contributed by atoms with Crippen molar-refractivity contribution in [3.05, 3.63) is 76.3 Å². The van der Waals surface area contributed by atoms with Crippen molar-refractivity contribution in [3.8, 4) is 17.2 Å². The Morgan fingerprint density at radius 1 is 1.10 bits per heavy atom. The Bertz CT molecular complexity index is 1410. The zero-order chi connectivity index (χ0) is 29.7. The van der Waals surface area contributed by atoms with Crippen LogP contribution in [0, 0.1) is 6.92 Å². The summed E-state index contributed by atoms with van der Waals surface area (Å²) in [6, 6.07) is 13.5. The van der Waals surface area contributed by atoms with E-state index in [0.29, 0.717) is 51.9 Å². The lowest BCUT2D eigenvalue weighted by molar-refractivity contribution is -0.274. The number of methoxy groups -OCH3 is 1. The number of anilines is 2. The van der Waals surface area contributed by atoms with Gasteiger partial charge in [0.1, 0.15) is 23.3 Å². The van der Waals surface area contributed by atoms with Crippen molar-refractivity contribution < 1.29 is 42.1 Å². The monoisotopic (exact) mass is 592 g/mol. The van der Waals surface area contributed by atoms with Crippen LogP contribution in [-0.4, -0.2) is 43.6 Å². The third kappa shape index (κ3) is 7.75. The number of hydrogen-bond donors (Lipinski definition) is 2. The fourth-order valence-electron chi connectivity index (χ4n) is 4.54. The standard InChI is InChI=1S/C29H28ClF3N2O6/c1-17-12-19-9-10-35(24(19)16-25(17)41-29(31,32)33)28(38)27(18-5-7-20(30)8-6-18)34-21-13-22(39-2)15-23(14-21)40-11-3-4-26(36)37/h5-8,12-16,27,34H,3-4,9-11H2,1-2H3,(H,36,37). The number of amides is 1. The predicted molar refractivity (Wildman–Crippen MR) is 147 cm³/mol. The van der Waals surface area contributed by atoms with Gasteiger partial charge in [-0.25, -0.2) is 0 Å². The first-order chi connectivity index (χ1) is 19.4. The third-order valence-corrected chi connectivity index (χ3v) is 6.70. The molecule has 3 aromatic rings. The number of nitrogens with zero attached hydrogens (tertiary/aromatic N) is 1. The molecule has 1 unspecified atom stereocenters. The van der Waals surface area contributed by atoms with Gasteiger partial charge < -0.3 is 29.5 Å². The number of aryl methyl sites for hydroxylation is 1. The summed E-state index contributed by atoms with van der Waals surface area (Å²) in [5, 5.41) is 12.5. The summed E-state index contributed by atoms with van der Waals surface area (Å²) in [6.07, 6.45) is -4.15. The lowest BCUT2D eigenvalue weighted by atomic mass is 10.0. The number of hydrogen-bond acceptors (Lipinski definition) is 6. The van der Waals surface area contributed by atoms with Crippen molar-refractivity contribution in [2.75, 3.05) is 30.5 Å². The number of carbonyl (C=O) groups is 2. The van der Waals surface area contributed by atoms with Crippen LogP contribution in [0.1, 0.15) is 35.6 Å². The second-order valence-corrected chi connectivity index (χ2v) is 9.84. The molecule has 0 fully saturated rings. The van der Waals surface area contributed by atoms with Crippen LogP contribution in [0.5, 0.6) is 17.2 Å². The lowest BCUT2D eigenvalue weighted by Crippen LogP contribution is -2.37. The normalized spacial score (nSPS) is 13.4. The first-order valence-electron chi connectivity index (χ1n) is 12.7. The minimum absolute atomic E-state index is 0.0468. The molecule has 41 heavy (non-hydrogen) atoms. The summed E-state index contributed by atoms with van der Waals surface area (Å²) in [4.78, 5) is 26.3. The van der Waals surface area contributed by atoms with Crippen molar-refractivity contribution >= 4 is 34.9 Å². The summed E-state index contributed by atoms with van der Waals surface area (Å²) in [5.41, 5.74) is 2.43. The number of alkyl halides is 3. The number of aliphatic carboxylic acids is 1. The quantitative estimate of drug-likeness (QED) is 0.244. The average molecular weight is 593 g/mol. The van der Waals surface area contributed by atoms with Crippen molar-refractivity contribution in [1.82, 2.24) is 0 Å². The van der Waals surface area contributed by atoms with Crippen LogP contribution in [0.4, 0.5) is 24.5 Å². The van der Waals surface area contributed by atoms with Crippen molar-refractivity contribution in [1.29, 1.82) is 0 Å². The highest BCUT2D eigenvalue weighted by Crippen LogP contribution is 2.39. The van der Waals surface area contributed by atoms with E-state index < -0.39 is 24.3 Å². The number of halogens is 4. The van der Waals surface area contributed by atoms with Crippen molar-refractivity contribution in [2.24, 2.45) is 0 Å². The summed E-state index contributed by atoms with van der Waals surface area (Å²) >= 11 is 6.08. The summed E-state index contributed by atoms with van der Waals surface area (Å²) < 4.78 is 54.3. The van der Waals surface area contributed by atoms with Crippen LogP contribution in [0.25, 0.3) is 0 Å². The Morgan fingerprint density at radius 2 is 1.80 bits per heavy atom. The maximum absolute atomic E-state index is 14.0. The summed E-state index contributed by atoms with van der Waals surface area (Å²) in [5.74, 6) is -0.873. The van der Waals surface area contributed by atoms with Crippen LogP contribution in [0.15, 0.2) is 54.6 Å². The molecule has 0 aliphatic carbocycles. The van der Waals surface area contributed by atoms with Gasteiger partial charge in [-0.3, -0.25) is 9.59 Å². The second kappa shape index (κ2) is 12.6. The van der Waals surface area contributed by atoms with E-state index in [1.807, 2.05) is 0 Å². The number of ether oxygens (including phenoxy) is 3. The zero-order valence-corrected chi connectivity index (χ0v) is 23.0. The molecule has 3 aromatic carbocycles. The van der Waals surface area contributed by atoms with Gasteiger partial charge in [-0.1, -0.05) is 29.8 Å². The molecule has 1 heterocycles. The third-order valence-electron chi connectivity index (χ3n) is 6.44. The highest BCUT2D eigenvalue weighted by atomic mass is 35.5. The van der Waals surface area contributed by atoms with Gasteiger partial charge in [0.25, 0.3) is 5.91 Å². The Morgan fingerprint density at radius 3 is 2.46 bits per heavy atom. The predicted octanol–water partition coefficient (Wildman–Crippen LogP) is 6.54. The van der Waals surface area contributed by atoms with Gasteiger partial charge in [0, 0.05) is 47.9 Å². The molecule has 12 heteroatoms. The van der Waals surface area contributed by atoms with E-state index in [0.717, 1.165) is 5.56 Å². The SMILES string of the molecule is COc1cc(NC(C(=O)N2CCc3cc(C)c(OC(F)(F)F)cc32)c2ccc(Cl)cc2)cc(OCCCC(=O)O)c1. The largest absolute Gasteiger partial charge is 0.573 e. The van der Waals surface area contributed by atoms with Crippen LogP contribution in [0.2, 0.25) is 5.02 Å². The minimum atomic E-state index is -4.88. The van der Waals surface area contributed by atoms with Gasteiger partial charge in [0.05, 0.1) is 19.4 Å². The van der Waals surface area contributed by atoms with Crippen LogP contribution >= 0.6 is 11.6 Å². The first kappa shape index (κ1) is 29.9. The van der Waals surface area contributed by atoms with Gasteiger partial charge in [-0.15, -0.1) is 13.2 Å². The Hall–Kier alpha value is -4.12. The van der Waals surface area contributed by atoms with Gasteiger partial charge in [0.2, 0.25) is 0 Å². The number of carboxylic acids is 1. The highest BCUT2D eigenvalue weighted by Gasteiger charge is 2.35. The average Bonchev–Trinajstić information content (AvgIpc) is 3.31. The molecule has 1 aliphatic heterocycles. The number of benzene rings is 3. The fourth-order valence-corrected chi connectivity index (χ4v) is 4.67. The second-order valence-electron chi connectivity index (χ2n) is 9.41. The van der Waals surface area contributed by atoms with E-state index in [1.54, 1.807) is 48.5 Å². The fraction of sp³-hybridized carbons (Fsp3) is 0.310. The van der Waals surface area contributed by atoms with E-state index >= 15 is 0 Å². The maximum Gasteiger partial charge on any atom is 0.573 e. The summed E-state index contributed by atoms with van der Waals surface area (Å²) in [6.45, 7) is 1.95. The lowest BCUT2D eigenvalue weighted by Gasteiger charge is -2.27. The van der Waals surface area contributed by atoms with E-state index in [1.165, 1.54) is 25.0 Å². The molecule has 0 bridgehead atoms. The van der Waals surface area contributed by atoms with E-state index in [2.05, 4.69) is 10.1 Å². The molecule has 0 aromatic heterocycles. The van der Waals surface area contributed by atoms with E-state index in [9.17, 15) is 22.8 Å². The molecule has 0 spiro atoms. The Balaban J connectivity index is 1.65.